The van der Waals surface area contributed by atoms with E-state index in [0.717, 1.165) is 5.56 Å². The summed E-state index contributed by atoms with van der Waals surface area (Å²) in [4.78, 5) is 46.3. The van der Waals surface area contributed by atoms with Crippen LogP contribution in [0.1, 0.15) is 11.1 Å². The number of ether oxygens (including phenoxy) is 1. The van der Waals surface area contributed by atoms with E-state index in [0.29, 0.717) is 17.9 Å². The SMILES string of the molecule is O=C(COc1ccc(C=C2C(=O)NC(=O)NC2=O)cc1)NCc1ccccc1. The number of rotatable bonds is 6. The highest BCUT2D eigenvalue weighted by Gasteiger charge is 2.27. The Kier molecular flexibility index (Phi) is 5.81. The van der Waals surface area contributed by atoms with Crippen molar-refractivity contribution >= 4 is 29.8 Å². The van der Waals surface area contributed by atoms with Gasteiger partial charge in [-0.1, -0.05) is 42.5 Å². The molecule has 8 nitrogen and oxygen atoms in total. The van der Waals surface area contributed by atoms with Crippen LogP contribution in [0, 0.1) is 0 Å². The van der Waals surface area contributed by atoms with Crippen LogP contribution < -0.4 is 20.7 Å². The van der Waals surface area contributed by atoms with Crippen molar-refractivity contribution in [3.63, 3.8) is 0 Å². The van der Waals surface area contributed by atoms with Crippen LogP contribution in [0.15, 0.2) is 60.2 Å². The van der Waals surface area contributed by atoms with Gasteiger partial charge in [0, 0.05) is 6.54 Å². The summed E-state index contributed by atoms with van der Waals surface area (Å²) in [6.07, 6.45) is 1.35. The molecular weight excluding hydrogens is 362 g/mol. The Labute approximate surface area is 160 Å². The topological polar surface area (TPSA) is 114 Å². The van der Waals surface area contributed by atoms with E-state index in [4.69, 9.17) is 4.74 Å². The minimum Gasteiger partial charge on any atom is -0.484 e. The molecule has 28 heavy (non-hydrogen) atoms. The van der Waals surface area contributed by atoms with Crippen molar-refractivity contribution in [1.82, 2.24) is 16.0 Å². The number of nitrogens with one attached hydrogen (secondary N) is 3. The number of carbonyl (C=O) groups excluding carboxylic acids is 4. The molecule has 1 aliphatic rings. The molecule has 8 heteroatoms. The second kappa shape index (κ2) is 8.63. The lowest BCUT2D eigenvalue weighted by Gasteiger charge is -2.13. The molecule has 0 unspecified atom stereocenters. The highest BCUT2D eigenvalue weighted by molar-refractivity contribution is 6.31. The molecular formula is C20H17N3O5. The quantitative estimate of drug-likeness (QED) is 0.514. The molecule has 0 aromatic heterocycles. The van der Waals surface area contributed by atoms with E-state index in [9.17, 15) is 19.2 Å². The predicted molar refractivity (Wildman–Crippen MR) is 99.9 cm³/mol. The third-order valence-electron chi connectivity index (χ3n) is 3.84. The summed E-state index contributed by atoms with van der Waals surface area (Å²) in [6.45, 7) is 0.280. The van der Waals surface area contributed by atoms with Crippen molar-refractivity contribution in [2.45, 2.75) is 6.54 Å². The summed E-state index contributed by atoms with van der Waals surface area (Å²) >= 11 is 0. The molecule has 2 aromatic rings. The van der Waals surface area contributed by atoms with Gasteiger partial charge in [-0.15, -0.1) is 0 Å². The predicted octanol–water partition coefficient (Wildman–Crippen LogP) is 1.13. The van der Waals surface area contributed by atoms with Gasteiger partial charge in [0.05, 0.1) is 0 Å². The molecule has 0 atom stereocenters. The molecule has 3 N–H and O–H groups in total. The smallest absolute Gasteiger partial charge is 0.328 e. The number of hydrogen-bond acceptors (Lipinski definition) is 5. The van der Waals surface area contributed by atoms with Gasteiger partial charge < -0.3 is 10.1 Å². The van der Waals surface area contributed by atoms with Crippen molar-refractivity contribution < 1.29 is 23.9 Å². The fourth-order valence-corrected chi connectivity index (χ4v) is 2.43. The van der Waals surface area contributed by atoms with Gasteiger partial charge in [-0.2, -0.15) is 0 Å². The average molecular weight is 379 g/mol. The maximum atomic E-state index is 11.9. The molecule has 1 heterocycles. The normalized spacial score (nSPS) is 13.4. The number of hydrogen-bond donors (Lipinski definition) is 3. The molecule has 3 rings (SSSR count). The number of amides is 5. The van der Waals surface area contributed by atoms with Crippen LogP contribution in [0.5, 0.6) is 5.75 Å². The minimum absolute atomic E-state index is 0.139. The van der Waals surface area contributed by atoms with E-state index in [-0.39, 0.29) is 18.1 Å². The average Bonchev–Trinajstić information content (AvgIpc) is 2.69. The van der Waals surface area contributed by atoms with Crippen LogP contribution >= 0.6 is 0 Å². The first-order valence-corrected chi connectivity index (χ1v) is 8.43. The van der Waals surface area contributed by atoms with E-state index in [2.05, 4.69) is 5.32 Å². The fourth-order valence-electron chi connectivity index (χ4n) is 2.43. The van der Waals surface area contributed by atoms with Gasteiger partial charge in [-0.3, -0.25) is 25.0 Å². The summed E-state index contributed by atoms with van der Waals surface area (Å²) in [7, 11) is 0. The maximum absolute atomic E-state index is 11.9. The van der Waals surface area contributed by atoms with Gasteiger partial charge in [-0.25, -0.2) is 4.79 Å². The van der Waals surface area contributed by atoms with E-state index >= 15 is 0 Å². The monoisotopic (exact) mass is 379 g/mol. The summed E-state index contributed by atoms with van der Waals surface area (Å²) in [5.74, 6) is -1.31. The van der Waals surface area contributed by atoms with Crippen molar-refractivity contribution in [2.24, 2.45) is 0 Å². The van der Waals surface area contributed by atoms with Crippen molar-refractivity contribution in [3.05, 3.63) is 71.3 Å². The lowest BCUT2D eigenvalue weighted by molar-refractivity contribution is -0.124. The Morgan fingerprint density at radius 2 is 1.57 bits per heavy atom. The summed E-state index contributed by atoms with van der Waals surface area (Å²) < 4.78 is 5.42. The third-order valence-corrected chi connectivity index (χ3v) is 3.84. The van der Waals surface area contributed by atoms with Gasteiger partial charge in [-0.05, 0) is 29.3 Å². The van der Waals surface area contributed by atoms with Gasteiger partial charge in [0.1, 0.15) is 11.3 Å². The Morgan fingerprint density at radius 3 is 2.21 bits per heavy atom. The lowest BCUT2D eigenvalue weighted by Crippen LogP contribution is -2.51. The molecule has 1 aliphatic heterocycles. The summed E-state index contributed by atoms with van der Waals surface area (Å²) in [5, 5.41) is 6.76. The first kappa shape index (κ1) is 18.8. The van der Waals surface area contributed by atoms with E-state index in [1.165, 1.54) is 6.08 Å². The Bertz CT molecular complexity index is 914. The first-order valence-electron chi connectivity index (χ1n) is 8.43. The molecule has 5 amide bonds. The standard InChI is InChI=1S/C20H17N3O5/c24-17(21-11-14-4-2-1-3-5-14)12-28-15-8-6-13(7-9-15)10-16-18(25)22-20(27)23-19(16)26/h1-10H,11-12H2,(H,21,24)(H2,22,23,25,26,27). The van der Waals surface area contributed by atoms with Crippen LogP contribution in [0.2, 0.25) is 0 Å². The van der Waals surface area contributed by atoms with Gasteiger partial charge in [0.2, 0.25) is 0 Å². The molecule has 0 saturated carbocycles. The Morgan fingerprint density at radius 1 is 0.929 bits per heavy atom. The van der Waals surface area contributed by atoms with E-state index in [1.54, 1.807) is 24.3 Å². The number of imide groups is 2. The summed E-state index contributed by atoms with van der Waals surface area (Å²) in [6, 6.07) is 15.2. The number of carbonyl (C=O) groups is 4. The molecule has 1 fully saturated rings. The Balaban J connectivity index is 1.52. The van der Waals surface area contributed by atoms with Crippen LogP contribution in [0.25, 0.3) is 6.08 Å². The van der Waals surface area contributed by atoms with Gasteiger partial charge >= 0.3 is 6.03 Å². The molecule has 2 aromatic carbocycles. The largest absolute Gasteiger partial charge is 0.484 e. The summed E-state index contributed by atoms with van der Waals surface area (Å²) in [5.41, 5.74) is 1.38. The maximum Gasteiger partial charge on any atom is 0.328 e. The zero-order valence-corrected chi connectivity index (χ0v) is 14.7. The molecule has 0 radical (unpaired) electrons. The zero-order chi connectivity index (χ0) is 19.9. The van der Waals surface area contributed by atoms with Crippen molar-refractivity contribution in [2.75, 3.05) is 6.61 Å². The fraction of sp³-hybridized carbons (Fsp3) is 0.100. The molecule has 142 valence electrons. The van der Waals surface area contributed by atoms with E-state index < -0.39 is 17.8 Å². The van der Waals surface area contributed by atoms with Gasteiger partial charge in [0.25, 0.3) is 17.7 Å². The number of barbiturate groups is 1. The molecule has 0 spiro atoms. The van der Waals surface area contributed by atoms with Crippen LogP contribution in [-0.4, -0.2) is 30.4 Å². The molecule has 0 bridgehead atoms. The highest BCUT2D eigenvalue weighted by atomic mass is 16.5. The molecule has 0 aliphatic carbocycles. The van der Waals surface area contributed by atoms with Crippen LogP contribution in [-0.2, 0) is 20.9 Å². The number of urea groups is 1. The Hall–Kier alpha value is -3.94. The van der Waals surface area contributed by atoms with E-state index in [1.807, 2.05) is 41.0 Å². The highest BCUT2D eigenvalue weighted by Crippen LogP contribution is 2.15. The van der Waals surface area contributed by atoms with Crippen LogP contribution in [0.3, 0.4) is 0 Å². The lowest BCUT2D eigenvalue weighted by atomic mass is 10.1. The second-order valence-electron chi connectivity index (χ2n) is 5.92. The third kappa shape index (κ3) is 5.04. The first-order chi connectivity index (χ1) is 13.5. The number of benzene rings is 2. The van der Waals surface area contributed by atoms with Crippen molar-refractivity contribution in [3.8, 4) is 5.75 Å². The van der Waals surface area contributed by atoms with Crippen LogP contribution in [0.4, 0.5) is 4.79 Å². The minimum atomic E-state index is -0.846. The van der Waals surface area contributed by atoms with Crippen molar-refractivity contribution in [1.29, 1.82) is 0 Å². The zero-order valence-electron chi connectivity index (χ0n) is 14.7. The second-order valence-corrected chi connectivity index (χ2v) is 5.92. The molecule has 1 saturated heterocycles. The van der Waals surface area contributed by atoms with Gasteiger partial charge in [0.15, 0.2) is 6.61 Å².